The fraction of sp³-hybridized carbons (Fsp3) is 0.294. The van der Waals surface area contributed by atoms with Crippen LogP contribution in [0.1, 0.15) is 12.5 Å². The lowest BCUT2D eigenvalue weighted by Gasteiger charge is -2.14. The van der Waals surface area contributed by atoms with Crippen molar-refractivity contribution >= 4 is 28.7 Å². The van der Waals surface area contributed by atoms with Crippen LogP contribution in [0.2, 0.25) is 5.02 Å². The summed E-state index contributed by atoms with van der Waals surface area (Å²) in [6.45, 7) is 0.794. The number of aromatic nitrogens is 4. The van der Waals surface area contributed by atoms with Gasteiger partial charge in [-0.25, -0.2) is 23.4 Å². The van der Waals surface area contributed by atoms with Crippen molar-refractivity contribution in [3.05, 3.63) is 41.2 Å². The topological polar surface area (TPSA) is 63.9 Å². The minimum atomic E-state index is -3.08. The molecule has 0 aliphatic heterocycles. The molecule has 136 valence electrons. The van der Waals surface area contributed by atoms with Crippen LogP contribution in [0.3, 0.4) is 0 Å². The van der Waals surface area contributed by atoms with Gasteiger partial charge in [0, 0.05) is 37.2 Å². The number of fused-ring (bicyclic) bond motifs is 1. The number of alkyl halides is 2. The van der Waals surface area contributed by atoms with E-state index in [9.17, 15) is 13.6 Å². The van der Waals surface area contributed by atoms with Crippen LogP contribution in [0.5, 0.6) is 0 Å². The first kappa shape index (κ1) is 18.2. The summed E-state index contributed by atoms with van der Waals surface area (Å²) in [6.07, 6.45) is 2.98. The number of carbonyl (C=O) groups is 1. The van der Waals surface area contributed by atoms with E-state index >= 15 is 0 Å². The predicted octanol–water partition coefficient (Wildman–Crippen LogP) is 3.35. The Morgan fingerprint density at radius 3 is 2.69 bits per heavy atom. The second-order valence-electron chi connectivity index (χ2n) is 6.14. The van der Waals surface area contributed by atoms with Crippen LogP contribution in [0.15, 0.2) is 30.6 Å². The van der Waals surface area contributed by atoms with Gasteiger partial charge in [0.2, 0.25) is 5.91 Å². The van der Waals surface area contributed by atoms with Gasteiger partial charge in [-0.2, -0.15) is 5.10 Å². The molecule has 0 saturated heterocycles. The van der Waals surface area contributed by atoms with Crippen molar-refractivity contribution in [3.8, 4) is 11.3 Å². The second-order valence-corrected chi connectivity index (χ2v) is 6.54. The fourth-order valence-electron chi connectivity index (χ4n) is 2.39. The molecule has 9 heteroatoms. The lowest BCUT2D eigenvalue weighted by atomic mass is 10.0. The highest BCUT2D eigenvalue weighted by molar-refractivity contribution is 6.31. The van der Waals surface area contributed by atoms with E-state index in [1.165, 1.54) is 34.1 Å². The highest BCUT2D eigenvalue weighted by atomic mass is 35.5. The van der Waals surface area contributed by atoms with Crippen LogP contribution in [0.4, 0.5) is 8.78 Å². The molecule has 0 spiro atoms. The quantitative estimate of drug-likeness (QED) is 0.697. The van der Waals surface area contributed by atoms with Gasteiger partial charge in [0.1, 0.15) is 12.1 Å². The highest BCUT2D eigenvalue weighted by Crippen LogP contribution is 2.35. The summed E-state index contributed by atoms with van der Waals surface area (Å²) in [5, 5.41) is 4.11. The van der Waals surface area contributed by atoms with Crippen LogP contribution >= 0.6 is 11.6 Å². The fourth-order valence-corrected chi connectivity index (χ4v) is 2.68. The van der Waals surface area contributed by atoms with E-state index in [1.54, 1.807) is 20.2 Å². The first-order chi connectivity index (χ1) is 12.2. The number of hydrogen-bond donors (Lipinski definition) is 0. The average Bonchev–Trinajstić information content (AvgIpc) is 2.96. The first-order valence-electron chi connectivity index (χ1n) is 7.74. The van der Waals surface area contributed by atoms with Crippen LogP contribution in [0, 0.1) is 0 Å². The predicted molar refractivity (Wildman–Crippen MR) is 94.0 cm³/mol. The molecule has 0 N–H and O–H groups in total. The van der Waals surface area contributed by atoms with Gasteiger partial charge in [-0.15, -0.1) is 0 Å². The first-order valence-corrected chi connectivity index (χ1v) is 8.11. The number of carbonyl (C=O) groups excluding carboxylic acids is 1. The Morgan fingerprint density at radius 2 is 2.04 bits per heavy atom. The van der Waals surface area contributed by atoms with Crippen LogP contribution in [-0.2, 0) is 17.3 Å². The Bertz CT molecular complexity index is 981. The molecule has 0 unspecified atom stereocenters. The molecular formula is C17H16ClF2N5O. The third kappa shape index (κ3) is 3.50. The second kappa shape index (κ2) is 6.60. The molecule has 0 radical (unpaired) electrons. The Labute approximate surface area is 153 Å². The zero-order valence-electron chi connectivity index (χ0n) is 14.4. The summed E-state index contributed by atoms with van der Waals surface area (Å²) < 4.78 is 28.9. The third-order valence-corrected chi connectivity index (χ3v) is 4.19. The molecule has 2 heterocycles. The van der Waals surface area contributed by atoms with E-state index in [2.05, 4.69) is 15.1 Å². The third-order valence-electron chi connectivity index (χ3n) is 3.86. The van der Waals surface area contributed by atoms with E-state index in [4.69, 9.17) is 11.6 Å². The Morgan fingerprint density at radius 1 is 1.31 bits per heavy atom. The molecule has 0 aliphatic rings. The summed E-state index contributed by atoms with van der Waals surface area (Å²) >= 11 is 5.89. The molecule has 2 aromatic heterocycles. The molecular weight excluding hydrogens is 364 g/mol. The number of halogens is 3. The van der Waals surface area contributed by atoms with Crippen molar-refractivity contribution in [2.24, 2.45) is 0 Å². The van der Waals surface area contributed by atoms with Crippen molar-refractivity contribution in [3.63, 3.8) is 0 Å². The zero-order valence-corrected chi connectivity index (χ0v) is 15.1. The van der Waals surface area contributed by atoms with Crippen molar-refractivity contribution in [2.75, 3.05) is 14.1 Å². The lowest BCUT2D eigenvalue weighted by Crippen LogP contribution is -2.26. The molecule has 1 amide bonds. The van der Waals surface area contributed by atoms with Crippen molar-refractivity contribution in [1.82, 2.24) is 24.6 Å². The minimum absolute atomic E-state index is 0.00747. The monoisotopic (exact) mass is 379 g/mol. The molecule has 0 aliphatic carbocycles. The Hall–Kier alpha value is -2.61. The standard InChI is InChI=1S/C17H16ClF2N5O/c1-17(19,20)11-6-10(4-5-12(11)18)13-7-21-14-8-22-25(16(14)23-13)9-15(26)24(2)3/h4-8H,9H2,1-3H3. The van der Waals surface area contributed by atoms with Crippen LogP contribution in [0.25, 0.3) is 22.4 Å². The van der Waals surface area contributed by atoms with Crippen molar-refractivity contribution in [1.29, 1.82) is 0 Å². The summed E-state index contributed by atoms with van der Waals surface area (Å²) in [6, 6.07) is 4.30. The van der Waals surface area contributed by atoms with Crippen LogP contribution < -0.4 is 0 Å². The number of rotatable bonds is 4. The molecule has 0 atom stereocenters. The van der Waals surface area contributed by atoms with E-state index < -0.39 is 5.92 Å². The van der Waals surface area contributed by atoms with Crippen LogP contribution in [-0.4, -0.2) is 44.7 Å². The number of hydrogen-bond acceptors (Lipinski definition) is 4. The number of nitrogens with zero attached hydrogens (tertiary/aromatic N) is 5. The minimum Gasteiger partial charge on any atom is -0.347 e. The lowest BCUT2D eigenvalue weighted by molar-refractivity contribution is -0.129. The summed E-state index contributed by atoms with van der Waals surface area (Å²) in [7, 11) is 3.29. The van der Waals surface area contributed by atoms with Gasteiger partial charge in [-0.3, -0.25) is 4.79 Å². The molecule has 0 bridgehead atoms. The summed E-state index contributed by atoms with van der Waals surface area (Å²) in [5.41, 5.74) is 1.47. The SMILES string of the molecule is CN(C)C(=O)Cn1ncc2ncc(-c3ccc(Cl)c(C(C)(F)F)c3)nc21. The average molecular weight is 380 g/mol. The summed E-state index contributed by atoms with van der Waals surface area (Å²) in [4.78, 5) is 22.1. The Kier molecular flexibility index (Phi) is 4.62. The molecule has 0 saturated carbocycles. The molecule has 26 heavy (non-hydrogen) atoms. The molecule has 3 aromatic rings. The van der Waals surface area contributed by atoms with E-state index in [0.29, 0.717) is 22.4 Å². The Balaban J connectivity index is 2.05. The number of amides is 1. The van der Waals surface area contributed by atoms with Gasteiger partial charge < -0.3 is 4.90 Å². The molecule has 0 fully saturated rings. The van der Waals surface area contributed by atoms with E-state index in [1.807, 2.05) is 0 Å². The molecule has 6 nitrogen and oxygen atoms in total. The highest BCUT2D eigenvalue weighted by Gasteiger charge is 2.27. The number of likely N-dealkylation sites (N-methyl/N-ethyl adjacent to an activating group) is 1. The van der Waals surface area contributed by atoms with Crippen molar-refractivity contribution < 1.29 is 13.6 Å². The zero-order chi connectivity index (χ0) is 19.1. The van der Waals surface area contributed by atoms with E-state index in [-0.39, 0.29) is 23.0 Å². The smallest absolute Gasteiger partial charge is 0.271 e. The maximum Gasteiger partial charge on any atom is 0.271 e. The van der Waals surface area contributed by atoms with Gasteiger partial charge in [-0.1, -0.05) is 17.7 Å². The van der Waals surface area contributed by atoms with Gasteiger partial charge in [-0.05, 0) is 12.1 Å². The maximum absolute atomic E-state index is 13.7. The molecule has 3 rings (SSSR count). The normalized spacial score (nSPS) is 11.8. The van der Waals surface area contributed by atoms with Crippen molar-refractivity contribution in [2.45, 2.75) is 19.4 Å². The maximum atomic E-state index is 13.7. The molecule has 1 aromatic carbocycles. The largest absolute Gasteiger partial charge is 0.347 e. The van der Waals surface area contributed by atoms with Gasteiger partial charge in [0.25, 0.3) is 5.92 Å². The van der Waals surface area contributed by atoms with Gasteiger partial charge in [0.15, 0.2) is 5.65 Å². The van der Waals surface area contributed by atoms with Gasteiger partial charge >= 0.3 is 0 Å². The van der Waals surface area contributed by atoms with E-state index in [0.717, 1.165) is 6.92 Å². The van der Waals surface area contributed by atoms with Gasteiger partial charge in [0.05, 0.1) is 18.1 Å². The number of benzene rings is 1. The summed E-state index contributed by atoms with van der Waals surface area (Å²) in [5.74, 6) is -3.23.